The third-order valence-electron chi connectivity index (χ3n) is 4.12. The summed E-state index contributed by atoms with van der Waals surface area (Å²) in [5, 5.41) is 3.26. The maximum absolute atomic E-state index is 12.8. The maximum Gasteiger partial charge on any atom is 0.265 e. The van der Waals surface area contributed by atoms with Crippen molar-refractivity contribution in [1.29, 1.82) is 0 Å². The first-order chi connectivity index (χ1) is 12.5. The molecule has 138 valence electrons. The van der Waals surface area contributed by atoms with Gasteiger partial charge in [0.2, 0.25) is 0 Å². The molecule has 0 bridgehead atoms. The van der Waals surface area contributed by atoms with Gasteiger partial charge in [0.25, 0.3) is 11.8 Å². The van der Waals surface area contributed by atoms with Gasteiger partial charge in [0, 0.05) is 32.9 Å². The summed E-state index contributed by atoms with van der Waals surface area (Å²) >= 11 is 1.19. The van der Waals surface area contributed by atoms with Gasteiger partial charge < -0.3 is 14.5 Å². The Kier molecular flexibility index (Phi) is 5.53. The minimum Gasteiger partial charge on any atom is -0.378 e. The first kappa shape index (κ1) is 18.3. The monoisotopic (exact) mass is 374 g/mol. The van der Waals surface area contributed by atoms with Crippen LogP contribution >= 0.6 is 11.3 Å². The van der Waals surface area contributed by atoms with Crippen LogP contribution in [0.2, 0.25) is 0 Å². The standard InChI is InChI=1S/C18H22N4O3S/c1-12-15(17(24)21(2)3)26-18(19-12)20-16(23)13-6-4-5-7-14(13)22-8-10-25-11-9-22/h4-7H,8-11H2,1-3H3,(H,19,20,23). The van der Waals surface area contributed by atoms with Crippen LogP contribution in [0.15, 0.2) is 24.3 Å². The highest BCUT2D eigenvalue weighted by atomic mass is 32.1. The van der Waals surface area contributed by atoms with Crippen LogP contribution in [0.4, 0.5) is 10.8 Å². The predicted octanol–water partition coefficient (Wildman–Crippen LogP) is 2.24. The lowest BCUT2D eigenvalue weighted by Crippen LogP contribution is -2.37. The van der Waals surface area contributed by atoms with Crippen LogP contribution in [0.5, 0.6) is 0 Å². The Morgan fingerprint density at radius 2 is 1.92 bits per heavy atom. The largest absolute Gasteiger partial charge is 0.378 e. The second kappa shape index (κ2) is 7.84. The van der Waals surface area contributed by atoms with Crippen LogP contribution in [0, 0.1) is 6.92 Å². The van der Waals surface area contributed by atoms with Gasteiger partial charge in [-0.2, -0.15) is 0 Å². The van der Waals surface area contributed by atoms with Gasteiger partial charge in [-0.15, -0.1) is 0 Å². The zero-order chi connectivity index (χ0) is 18.7. The van der Waals surface area contributed by atoms with E-state index in [1.807, 2.05) is 18.2 Å². The highest BCUT2D eigenvalue weighted by Crippen LogP contribution is 2.26. The van der Waals surface area contributed by atoms with Crippen molar-refractivity contribution >= 4 is 34.0 Å². The Bertz CT molecular complexity index is 813. The van der Waals surface area contributed by atoms with E-state index in [0.717, 1.165) is 18.8 Å². The van der Waals surface area contributed by atoms with Gasteiger partial charge in [-0.05, 0) is 19.1 Å². The number of carbonyl (C=O) groups is 2. The van der Waals surface area contributed by atoms with Gasteiger partial charge in [0.15, 0.2) is 5.13 Å². The normalized spacial score (nSPS) is 14.2. The number of hydrogen-bond donors (Lipinski definition) is 1. The lowest BCUT2D eigenvalue weighted by molar-refractivity contribution is 0.0831. The predicted molar refractivity (Wildman–Crippen MR) is 102 cm³/mol. The Morgan fingerprint density at radius 1 is 1.23 bits per heavy atom. The molecular formula is C18H22N4O3S. The molecule has 0 spiro atoms. The fourth-order valence-corrected chi connectivity index (χ4v) is 3.74. The van der Waals surface area contributed by atoms with E-state index in [1.165, 1.54) is 16.2 Å². The number of nitrogens with one attached hydrogen (secondary N) is 1. The van der Waals surface area contributed by atoms with Crippen molar-refractivity contribution in [3.05, 3.63) is 40.4 Å². The van der Waals surface area contributed by atoms with Crippen LogP contribution in [0.1, 0.15) is 25.7 Å². The first-order valence-corrected chi connectivity index (χ1v) is 9.21. The van der Waals surface area contributed by atoms with Crippen molar-refractivity contribution in [2.24, 2.45) is 0 Å². The Hall–Kier alpha value is -2.45. The van der Waals surface area contributed by atoms with Crippen molar-refractivity contribution in [3.63, 3.8) is 0 Å². The molecule has 2 aromatic rings. The molecule has 8 heteroatoms. The second-order valence-corrected chi connectivity index (χ2v) is 7.20. The Morgan fingerprint density at radius 3 is 2.62 bits per heavy atom. The van der Waals surface area contributed by atoms with Crippen LogP contribution < -0.4 is 10.2 Å². The van der Waals surface area contributed by atoms with Crippen molar-refractivity contribution < 1.29 is 14.3 Å². The summed E-state index contributed by atoms with van der Waals surface area (Å²) in [6.45, 7) is 4.57. The van der Waals surface area contributed by atoms with E-state index in [4.69, 9.17) is 4.74 Å². The fourth-order valence-electron chi connectivity index (χ4n) is 2.76. The highest BCUT2D eigenvalue weighted by molar-refractivity contribution is 7.17. The van der Waals surface area contributed by atoms with Crippen molar-refractivity contribution in [3.8, 4) is 0 Å². The molecule has 0 atom stereocenters. The number of aryl methyl sites for hydroxylation is 1. The van der Waals surface area contributed by atoms with Crippen LogP contribution in [-0.4, -0.2) is 62.1 Å². The molecule has 1 aliphatic heterocycles. The molecule has 1 fully saturated rings. The molecule has 1 aliphatic rings. The van der Waals surface area contributed by atoms with Crippen LogP contribution in [-0.2, 0) is 4.74 Å². The third kappa shape index (κ3) is 3.86. The third-order valence-corrected chi connectivity index (χ3v) is 5.18. The SMILES string of the molecule is Cc1nc(NC(=O)c2ccccc2N2CCOCC2)sc1C(=O)N(C)C. The molecule has 7 nitrogen and oxygen atoms in total. The molecule has 0 radical (unpaired) electrons. The maximum atomic E-state index is 12.8. The fraction of sp³-hybridized carbons (Fsp3) is 0.389. The minimum atomic E-state index is -0.232. The number of morpholine rings is 1. The van der Waals surface area contributed by atoms with Gasteiger partial charge in [-0.25, -0.2) is 4.98 Å². The van der Waals surface area contributed by atoms with Crippen molar-refractivity contribution in [2.45, 2.75) is 6.92 Å². The van der Waals surface area contributed by atoms with E-state index in [0.29, 0.717) is 34.5 Å². The summed E-state index contributed by atoms with van der Waals surface area (Å²) in [4.78, 5) is 33.5. The van der Waals surface area contributed by atoms with E-state index in [-0.39, 0.29) is 11.8 Å². The smallest absolute Gasteiger partial charge is 0.265 e. The summed E-state index contributed by atoms with van der Waals surface area (Å²) in [6, 6.07) is 7.50. The molecule has 1 N–H and O–H groups in total. The molecule has 1 saturated heterocycles. The number of rotatable bonds is 4. The topological polar surface area (TPSA) is 74.8 Å². The minimum absolute atomic E-state index is 0.116. The van der Waals surface area contributed by atoms with E-state index in [9.17, 15) is 9.59 Å². The molecule has 2 amide bonds. The lowest BCUT2D eigenvalue weighted by atomic mass is 10.1. The average Bonchev–Trinajstić information content (AvgIpc) is 3.01. The van der Waals surface area contributed by atoms with E-state index >= 15 is 0 Å². The number of hydrogen-bond acceptors (Lipinski definition) is 6. The molecule has 1 aromatic carbocycles. The van der Waals surface area contributed by atoms with Crippen molar-refractivity contribution in [1.82, 2.24) is 9.88 Å². The number of carbonyl (C=O) groups excluding carboxylic acids is 2. The molecule has 0 unspecified atom stereocenters. The van der Waals surface area contributed by atoms with Gasteiger partial charge >= 0.3 is 0 Å². The van der Waals surface area contributed by atoms with Gasteiger partial charge in [-0.3, -0.25) is 14.9 Å². The number of thiazole rings is 1. The van der Waals surface area contributed by atoms with Crippen LogP contribution in [0.3, 0.4) is 0 Å². The average molecular weight is 374 g/mol. The number of para-hydroxylation sites is 1. The Labute approximate surface area is 156 Å². The number of nitrogens with zero attached hydrogens (tertiary/aromatic N) is 3. The summed E-state index contributed by atoms with van der Waals surface area (Å²) in [7, 11) is 3.39. The summed E-state index contributed by atoms with van der Waals surface area (Å²) < 4.78 is 5.39. The summed E-state index contributed by atoms with van der Waals surface area (Å²) in [5.41, 5.74) is 2.08. The summed E-state index contributed by atoms with van der Waals surface area (Å²) in [6.07, 6.45) is 0. The Balaban J connectivity index is 1.81. The molecule has 0 saturated carbocycles. The van der Waals surface area contributed by atoms with E-state index < -0.39 is 0 Å². The van der Waals surface area contributed by atoms with Gasteiger partial charge in [-0.1, -0.05) is 23.5 Å². The van der Waals surface area contributed by atoms with E-state index in [2.05, 4.69) is 15.2 Å². The quantitative estimate of drug-likeness (QED) is 0.888. The zero-order valence-electron chi connectivity index (χ0n) is 15.1. The number of benzene rings is 1. The molecular weight excluding hydrogens is 352 g/mol. The lowest BCUT2D eigenvalue weighted by Gasteiger charge is -2.30. The number of amides is 2. The molecule has 0 aliphatic carbocycles. The molecule has 2 heterocycles. The first-order valence-electron chi connectivity index (χ1n) is 8.39. The molecule has 1 aromatic heterocycles. The summed E-state index contributed by atoms with van der Waals surface area (Å²) in [5.74, 6) is -0.348. The number of ether oxygens (including phenoxy) is 1. The molecule has 26 heavy (non-hydrogen) atoms. The van der Waals surface area contributed by atoms with E-state index in [1.54, 1.807) is 27.1 Å². The zero-order valence-corrected chi connectivity index (χ0v) is 15.9. The highest BCUT2D eigenvalue weighted by Gasteiger charge is 2.21. The van der Waals surface area contributed by atoms with Crippen molar-refractivity contribution in [2.75, 3.05) is 50.6 Å². The number of aromatic nitrogens is 1. The van der Waals surface area contributed by atoms with Gasteiger partial charge in [0.1, 0.15) is 4.88 Å². The van der Waals surface area contributed by atoms with Crippen LogP contribution in [0.25, 0.3) is 0 Å². The second-order valence-electron chi connectivity index (χ2n) is 6.20. The molecule has 3 rings (SSSR count). The van der Waals surface area contributed by atoms with Gasteiger partial charge in [0.05, 0.1) is 24.5 Å². The number of anilines is 2.